The van der Waals surface area contributed by atoms with Crippen molar-refractivity contribution in [1.82, 2.24) is 0 Å². The van der Waals surface area contributed by atoms with Crippen LogP contribution in [0.2, 0.25) is 0 Å². The van der Waals surface area contributed by atoms with Crippen LogP contribution in [0.15, 0.2) is 53.2 Å². The quantitative estimate of drug-likeness (QED) is 0.243. The van der Waals surface area contributed by atoms with E-state index < -0.39 is 0 Å². The predicted molar refractivity (Wildman–Crippen MR) is 137 cm³/mol. The van der Waals surface area contributed by atoms with Gasteiger partial charge in [0.15, 0.2) is 5.78 Å². The van der Waals surface area contributed by atoms with Crippen LogP contribution in [0.4, 0.5) is 0 Å². The Morgan fingerprint density at radius 3 is 2.62 bits per heavy atom. The highest BCUT2D eigenvalue weighted by Gasteiger charge is 2.28. The van der Waals surface area contributed by atoms with Gasteiger partial charge in [-0.25, -0.2) is 0 Å². The van der Waals surface area contributed by atoms with Crippen molar-refractivity contribution in [3.05, 3.63) is 64.9 Å². The Morgan fingerprint density at radius 2 is 2.03 bits per heavy atom. The number of rotatable bonds is 9. The van der Waals surface area contributed by atoms with Crippen molar-refractivity contribution in [2.24, 2.45) is 22.7 Å². The maximum absolute atomic E-state index is 11.9. The van der Waals surface area contributed by atoms with Crippen LogP contribution in [0.5, 0.6) is 0 Å². The van der Waals surface area contributed by atoms with Gasteiger partial charge < -0.3 is 5.41 Å². The summed E-state index contributed by atoms with van der Waals surface area (Å²) in [7, 11) is 0. The van der Waals surface area contributed by atoms with E-state index in [-0.39, 0.29) is 11.7 Å². The van der Waals surface area contributed by atoms with Crippen molar-refractivity contribution in [3.8, 4) is 0 Å². The molecule has 3 nitrogen and oxygen atoms in total. The summed E-state index contributed by atoms with van der Waals surface area (Å²) in [6.45, 7) is 12.0. The second-order valence-corrected chi connectivity index (χ2v) is 9.62. The Hall–Kier alpha value is -2.55. The molecule has 32 heavy (non-hydrogen) atoms. The van der Waals surface area contributed by atoms with E-state index in [0.717, 1.165) is 53.1 Å². The van der Waals surface area contributed by atoms with Crippen LogP contribution < -0.4 is 0 Å². The number of aryl methyl sites for hydroxylation is 1. The zero-order valence-corrected chi connectivity index (χ0v) is 20.2. The number of ketones is 1. The lowest BCUT2D eigenvalue weighted by Crippen LogP contribution is -2.20. The van der Waals surface area contributed by atoms with E-state index in [9.17, 15) is 4.79 Å². The Kier molecular flexibility index (Phi) is 8.17. The topological polar surface area (TPSA) is 53.3 Å². The summed E-state index contributed by atoms with van der Waals surface area (Å²) in [5.74, 6) is 1.40. The number of hydrogen-bond acceptors (Lipinski definition) is 3. The molecule has 0 amide bonds. The summed E-state index contributed by atoms with van der Waals surface area (Å²) in [5, 5.41) is 8.25. The first kappa shape index (κ1) is 24.1. The van der Waals surface area contributed by atoms with E-state index in [1.54, 1.807) is 6.92 Å². The zero-order valence-electron chi connectivity index (χ0n) is 20.2. The molecule has 1 N–H and O–H groups in total. The molecule has 1 aromatic carbocycles. The Morgan fingerprint density at radius 1 is 1.31 bits per heavy atom. The third-order valence-electron chi connectivity index (χ3n) is 7.19. The molecule has 2 atom stereocenters. The first-order valence-electron chi connectivity index (χ1n) is 12.1. The fourth-order valence-corrected chi connectivity index (χ4v) is 5.30. The van der Waals surface area contributed by atoms with Gasteiger partial charge in [-0.1, -0.05) is 69.4 Å². The lowest BCUT2D eigenvalue weighted by Gasteiger charge is -2.29. The molecular weight excluding hydrogens is 392 g/mol. The molecule has 1 heterocycles. The Balaban J connectivity index is 2.06. The smallest absolute Gasteiger partial charge is 0.160 e. The van der Waals surface area contributed by atoms with Gasteiger partial charge in [0.1, 0.15) is 0 Å². The minimum atomic E-state index is 0.0716. The van der Waals surface area contributed by atoms with Crippen molar-refractivity contribution in [3.63, 3.8) is 0 Å². The highest BCUT2D eigenvalue weighted by Crippen LogP contribution is 2.38. The number of aliphatic imine (C=N–C) groups is 1. The van der Waals surface area contributed by atoms with Gasteiger partial charge in [-0.05, 0) is 62.1 Å². The summed E-state index contributed by atoms with van der Waals surface area (Å²) >= 11 is 0. The molecular formula is C29H38N2O. The highest BCUT2D eigenvalue weighted by atomic mass is 16.1. The largest absolute Gasteiger partial charge is 0.308 e. The first-order chi connectivity index (χ1) is 15.3. The van der Waals surface area contributed by atoms with E-state index in [1.165, 1.54) is 43.2 Å². The summed E-state index contributed by atoms with van der Waals surface area (Å²) in [6.07, 6.45) is 14.2. The van der Waals surface area contributed by atoms with Gasteiger partial charge in [0.2, 0.25) is 0 Å². The van der Waals surface area contributed by atoms with Crippen LogP contribution in [0.1, 0.15) is 87.2 Å². The van der Waals surface area contributed by atoms with Crippen LogP contribution in [-0.4, -0.2) is 17.7 Å². The van der Waals surface area contributed by atoms with E-state index in [4.69, 9.17) is 10.4 Å². The minimum absolute atomic E-state index is 0.0716. The molecule has 0 radical (unpaired) electrons. The fraction of sp³-hybridized carbons (Fsp3) is 0.483. The summed E-state index contributed by atoms with van der Waals surface area (Å²) < 4.78 is 0. The van der Waals surface area contributed by atoms with Crippen molar-refractivity contribution in [2.45, 2.75) is 72.6 Å². The lowest BCUT2D eigenvalue weighted by molar-refractivity contribution is 0.101. The van der Waals surface area contributed by atoms with Crippen LogP contribution in [0.25, 0.3) is 5.57 Å². The number of hydrogen-bond donors (Lipinski definition) is 1. The maximum atomic E-state index is 11.9. The average Bonchev–Trinajstić information content (AvgIpc) is 3.27. The third-order valence-corrected chi connectivity index (χ3v) is 7.19. The summed E-state index contributed by atoms with van der Waals surface area (Å²) in [5.41, 5.74) is 7.09. The normalized spacial score (nSPS) is 21.6. The molecule has 1 aliphatic carbocycles. The van der Waals surface area contributed by atoms with Gasteiger partial charge in [-0.15, -0.1) is 6.58 Å². The second kappa shape index (κ2) is 10.8. The highest BCUT2D eigenvalue weighted by molar-refractivity contribution is 6.11. The van der Waals surface area contributed by atoms with Gasteiger partial charge in [-0.2, -0.15) is 0 Å². The molecule has 1 fully saturated rings. The van der Waals surface area contributed by atoms with Gasteiger partial charge in [-0.3, -0.25) is 9.79 Å². The molecule has 0 spiro atoms. The summed E-state index contributed by atoms with van der Waals surface area (Å²) in [6, 6.07) is 5.88. The molecule has 3 rings (SSSR count). The fourth-order valence-electron chi connectivity index (χ4n) is 5.30. The van der Waals surface area contributed by atoms with Crippen molar-refractivity contribution in [2.75, 3.05) is 0 Å². The van der Waals surface area contributed by atoms with Crippen molar-refractivity contribution >= 4 is 23.3 Å². The van der Waals surface area contributed by atoms with E-state index in [1.807, 2.05) is 31.2 Å². The number of Topliss-reactive ketones (excluding diaryl/α,β-unsaturated/α-hetero) is 1. The lowest BCUT2D eigenvalue weighted by atomic mass is 9.80. The maximum Gasteiger partial charge on any atom is 0.160 e. The molecule has 1 saturated carbocycles. The van der Waals surface area contributed by atoms with Gasteiger partial charge >= 0.3 is 0 Å². The SMILES string of the molecule is C=CCC[C@@H](C)C1=CC(CC2CCCC2)=N/C(=C(/C=N)c2ccc(C(C)=O)c(C)c2)C1C. The molecule has 2 aliphatic rings. The third kappa shape index (κ3) is 5.43. The number of allylic oxidation sites excluding steroid dienone is 4. The molecule has 0 aromatic heterocycles. The van der Waals surface area contributed by atoms with E-state index in [0.29, 0.717) is 5.92 Å². The predicted octanol–water partition coefficient (Wildman–Crippen LogP) is 7.76. The monoisotopic (exact) mass is 430 g/mol. The zero-order chi connectivity index (χ0) is 23.3. The number of nitrogens with one attached hydrogen (secondary N) is 1. The number of dihydropyridines is 1. The standard InChI is InChI=1S/C29H38N2O/c1-6-7-10-19(2)27-17-25(16-23-11-8-9-12-23)31-29(21(27)4)28(18-30)24-13-14-26(22(5)32)20(3)15-24/h6,13-15,17-19,21,23,30H,1,7-12,16H2,2-5H3/b29-28-,30-18?/t19-,21?/m1/s1. The average molecular weight is 431 g/mol. The van der Waals surface area contributed by atoms with Crippen LogP contribution in [0.3, 0.4) is 0 Å². The van der Waals surface area contributed by atoms with Crippen molar-refractivity contribution < 1.29 is 4.79 Å². The van der Waals surface area contributed by atoms with Gasteiger partial charge in [0.05, 0.1) is 5.70 Å². The molecule has 1 unspecified atom stereocenters. The number of nitrogens with zero attached hydrogens (tertiary/aromatic N) is 1. The molecule has 0 saturated heterocycles. The minimum Gasteiger partial charge on any atom is -0.308 e. The Labute approximate surface area is 193 Å². The van der Waals surface area contributed by atoms with Crippen LogP contribution in [-0.2, 0) is 0 Å². The van der Waals surface area contributed by atoms with Gasteiger partial charge in [0.25, 0.3) is 0 Å². The molecule has 170 valence electrons. The van der Waals surface area contributed by atoms with Gasteiger partial charge in [0, 0.05) is 29.0 Å². The van der Waals surface area contributed by atoms with Crippen LogP contribution >= 0.6 is 0 Å². The Bertz CT molecular complexity index is 973. The number of benzene rings is 1. The van der Waals surface area contributed by atoms with Crippen molar-refractivity contribution in [1.29, 1.82) is 5.41 Å². The number of carbonyl (C=O) groups excluding carboxylic acids is 1. The van der Waals surface area contributed by atoms with E-state index >= 15 is 0 Å². The number of carbonyl (C=O) groups is 1. The second-order valence-electron chi connectivity index (χ2n) is 9.62. The van der Waals surface area contributed by atoms with Crippen LogP contribution in [0, 0.1) is 30.1 Å². The molecule has 3 heteroatoms. The first-order valence-corrected chi connectivity index (χ1v) is 12.1. The summed E-state index contributed by atoms with van der Waals surface area (Å²) in [4.78, 5) is 17.0. The molecule has 1 aromatic rings. The van der Waals surface area contributed by atoms with E-state index in [2.05, 4.69) is 26.5 Å². The molecule has 1 aliphatic heterocycles. The molecule has 0 bridgehead atoms.